The van der Waals surface area contributed by atoms with Crippen molar-refractivity contribution < 1.29 is 13.2 Å². The van der Waals surface area contributed by atoms with Crippen molar-refractivity contribution in [3.8, 4) is 0 Å². The van der Waals surface area contributed by atoms with E-state index in [0.29, 0.717) is 0 Å². The van der Waals surface area contributed by atoms with Gasteiger partial charge < -0.3 is 5.73 Å². The molecular formula is C8H6Cl2F3N. The Morgan fingerprint density at radius 3 is 2.29 bits per heavy atom. The summed E-state index contributed by atoms with van der Waals surface area (Å²) in [6, 6.07) is 1.92. The number of nitrogens with two attached hydrogens (primary N) is 1. The first-order valence-corrected chi connectivity index (χ1v) is 4.48. The van der Waals surface area contributed by atoms with Gasteiger partial charge in [0.15, 0.2) is 0 Å². The summed E-state index contributed by atoms with van der Waals surface area (Å²) in [6.07, 6.45) is -4.46. The van der Waals surface area contributed by atoms with Crippen LogP contribution < -0.4 is 5.73 Å². The molecule has 0 radical (unpaired) electrons. The van der Waals surface area contributed by atoms with Crippen molar-refractivity contribution in [2.24, 2.45) is 0 Å². The van der Waals surface area contributed by atoms with Crippen LogP contribution in [0.5, 0.6) is 0 Å². The molecule has 1 nitrogen and oxygen atoms in total. The third-order valence-electron chi connectivity index (χ3n) is 1.67. The Morgan fingerprint density at radius 2 is 1.86 bits per heavy atom. The van der Waals surface area contributed by atoms with Gasteiger partial charge in [0.05, 0.1) is 16.3 Å². The summed E-state index contributed by atoms with van der Waals surface area (Å²) in [5, 5.41) is -0.119. The molecule has 0 heterocycles. The van der Waals surface area contributed by atoms with Gasteiger partial charge in [0, 0.05) is 5.88 Å². The van der Waals surface area contributed by atoms with Crippen LogP contribution >= 0.6 is 23.2 Å². The van der Waals surface area contributed by atoms with Gasteiger partial charge in [-0.1, -0.05) is 11.6 Å². The predicted molar refractivity (Wildman–Crippen MR) is 50.4 cm³/mol. The van der Waals surface area contributed by atoms with Crippen LogP contribution in [0.2, 0.25) is 5.02 Å². The number of nitrogen functional groups attached to an aromatic ring is 1. The fraction of sp³-hybridized carbons (Fsp3) is 0.250. The molecule has 0 spiro atoms. The largest absolute Gasteiger partial charge is 0.416 e. The lowest BCUT2D eigenvalue weighted by atomic mass is 10.1. The number of alkyl halides is 4. The molecule has 0 saturated heterocycles. The van der Waals surface area contributed by atoms with Gasteiger partial charge in [0.2, 0.25) is 0 Å². The normalized spacial score (nSPS) is 11.8. The van der Waals surface area contributed by atoms with Crippen molar-refractivity contribution in [1.82, 2.24) is 0 Å². The summed E-state index contributed by atoms with van der Waals surface area (Å²) in [7, 11) is 0. The van der Waals surface area contributed by atoms with Gasteiger partial charge >= 0.3 is 6.18 Å². The van der Waals surface area contributed by atoms with Gasteiger partial charge in [0.1, 0.15) is 0 Å². The summed E-state index contributed by atoms with van der Waals surface area (Å²) in [5.41, 5.74) is 4.53. The molecular weight excluding hydrogens is 238 g/mol. The monoisotopic (exact) mass is 243 g/mol. The predicted octanol–water partition coefficient (Wildman–Crippen LogP) is 3.68. The van der Waals surface area contributed by atoms with Crippen molar-refractivity contribution in [3.05, 3.63) is 28.3 Å². The lowest BCUT2D eigenvalue weighted by Gasteiger charge is -2.12. The standard InChI is InChI=1S/C8H6Cl2F3N/c9-3-4-1-7(14)6(10)2-5(4)8(11,12)13/h1-2H,3,14H2. The molecule has 1 aromatic rings. The van der Waals surface area contributed by atoms with Gasteiger partial charge in [-0.2, -0.15) is 13.2 Å². The highest BCUT2D eigenvalue weighted by Gasteiger charge is 2.33. The molecule has 0 aromatic heterocycles. The maximum absolute atomic E-state index is 12.4. The highest BCUT2D eigenvalue weighted by molar-refractivity contribution is 6.33. The summed E-state index contributed by atoms with van der Waals surface area (Å²) in [5.74, 6) is -0.254. The third kappa shape index (κ3) is 2.25. The molecule has 6 heteroatoms. The fourth-order valence-corrected chi connectivity index (χ4v) is 1.40. The van der Waals surface area contributed by atoms with Gasteiger partial charge in [0.25, 0.3) is 0 Å². The molecule has 0 saturated carbocycles. The van der Waals surface area contributed by atoms with Crippen molar-refractivity contribution >= 4 is 28.9 Å². The van der Waals surface area contributed by atoms with Crippen molar-refractivity contribution in [1.29, 1.82) is 0 Å². The molecule has 0 aliphatic carbocycles. The second-order valence-electron chi connectivity index (χ2n) is 2.66. The lowest BCUT2D eigenvalue weighted by Crippen LogP contribution is -2.09. The first-order valence-electron chi connectivity index (χ1n) is 3.57. The van der Waals surface area contributed by atoms with Crippen molar-refractivity contribution in [2.75, 3.05) is 5.73 Å². The molecule has 14 heavy (non-hydrogen) atoms. The molecule has 0 atom stereocenters. The van der Waals surface area contributed by atoms with Crippen LogP contribution in [0.3, 0.4) is 0 Å². The SMILES string of the molecule is Nc1cc(CCl)c(C(F)(F)F)cc1Cl. The summed E-state index contributed by atoms with van der Waals surface area (Å²) < 4.78 is 37.2. The second kappa shape index (κ2) is 3.87. The van der Waals surface area contributed by atoms with E-state index in [-0.39, 0.29) is 22.2 Å². The van der Waals surface area contributed by atoms with Crippen LogP contribution in [0, 0.1) is 0 Å². The first-order chi connectivity index (χ1) is 6.36. The molecule has 0 aliphatic rings. The topological polar surface area (TPSA) is 26.0 Å². The Hall–Kier alpha value is -0.610. The molecule has 0 fully saturated rings. The van der Waals surface area contributed by atoms with E-state index in [1.54, 1.807) is 0 Å². The zero-order valence-electron chi connectivity index (χ0n) is 6.83. The molecule has 0 amide bonds. The quantitative estimate of drug-likeness (QED) is 0.591. The molecule has 1 aromatic carbocycles. The van der Waals surface area contributed by atoms with Crippen molar-refractivity contribution in [2.45, 2.75) is 12.1 Å². The van der Waals surface area contributed by atoms with E-state index in [0.717, 1.165) is 12.1 Å². The molecule has 78 valence electrons. The van der Waals surface area contributed by atoms with Crippen LogP contribution in [0.25, 0.3) is 0 Å². The van der Waals surface area contributed by atoms with E-state index in [1.165, 1.54) is 0 Å². The van der Waals surface area contributed by atoms with E-state index in [1.807, 2.05) is 0 Å². The summed E-state index contributed by atoms with van der Waals surface area (Å²) in [6.45, 7) is 0. The number of hydrogen-bond donors (Lipinski definition) is 1. The van der Waals surface area contributed by atoms with Crippen LogP contribution in [0.15, 0.2) is 12.1 Å². The molecule has 0 unspecified atom stereocenters. The molecule has 2 N–H and O–H groups in total. The minimum atomic E-state index is -4.46. The Labute approximate surface area is 88.6 Å². The molecule has 1 rings (SSSR count). The summed E-state index contributed by atoms with van der Waals surface area (Å²) in [4.78, 5) is 0. The van der Waals surface area contributed by atoms with E-state index in [4.69, 9.17) is 28.9 Å². The molecule has 0 bridgehead atoms. The highest BCUT2D eigenvalue weighted by Crippen LogP contribution is 2.36. The smallest absolute Gasteiger partial charge is 0.398 e. The van der Waals surface area contributed by atoms with Gasteiger partial charge in [-0.15, -0.1) is 11.6 Å². The van der Waals surface area contributed by atoms with Crippen LogP contribution in [-0.2, 0) is 12.1 Å². The molecule has 0 aliphatic heterocycles. The number of anilines is 1. The van der Waals surface area contributed by atoms with E-state index in [9.17, 15) is 13.2 Å². The minimum Gasteiger partial charge on any atom is -0.398 e. The average molecular weight is 244 g/mol. The highest BCUT2D eigenvalue weighted by atomic mass is 35.5. The Kier molecular flexibility index (Phi) is 3.17. The van der Waals surface area contributed by atoms with Crippen molar-refractivity contribution in [3.63, 3.8) is 0 Å². The second-order valence-corrected chi connectivity index (χ2v) is 3.34. The average Bonchev–Trinajstić information content (AvgIpc) is 2.07. The Bertz CT molecular complexity index is 349. The maximum atomic E-state index is 12.4. The van der Waals surface area contributed by atoms with Gasteiger partial charge in [-0.25, -0.2) is 0 Å². The minimum absolute atomic E-state index is 0.0685. The maximum Gasteiger partial charge on any atom is 0.416 e. The lowest BCUT2D eigenvalue weighted by molar-refractivity contribution is -0.138. The summed E-state index contributed by atoms with van der Waals surface area (Å²) >= 11 is 10.8. The van der Waals surface area contributed by atoms with Crippen LogP contribution in [-0.4, -0.2) is 0 Å². The van der Waals surface area contributed by atoms with Gasteiger partial charge in [-0.05, 0) is 17.7 Å². The van der Waals surface area contributed by atoms with Crippen LogP contribution in [0.4, 0.5) is 18.9 Å². The number of halogens is 5. The van der Waals surface area contributed by atoms with E-state index < -0.39 is 11.7 Å². The number of hydrogen-bond acceptors (Lipinski definition) is 1. The zero-order chi connectivity index (χ0) is 10.9. The fourth-order valence-electron chi connectivity index (χ4n) is 1.01. The number of benzene rings is 1. The Morgan fingerprint density at radius 1 is 1.29 bits per heavy atom. The van der Waals surface area contributed by atoms with Crippen LogP contribution in [0.1, 0.15) is 11.1 Å². The van der Waals surface area contributed by atoms with Gasteiger partial charge in [-0.3, -0.25) is 0 Å². The third-order valence-corrected chi connectivity index (χ3v) is 2.29. The Balaban J connectivity index is 3.35. The van der Waals surface area contributed by atoms with E-state index in [2.05, 4.69) is 0 Å². The van der Waals surface area contributed by atoms with E-state index >= 15 is 0 Å². The first kappa shape index (κ1) is 11.5. The zero-order valence-corrected chi connectivity index (χ0v) is 8.34. The number of rotatable bonds is 1.